The molecule has 2 amide bonds. The van der Waals surface area contributed by atoms with Crippen LogP contribution in [-0.4, -0.2) is 110 Å². The molecule has 0 bridgehead atoms. The number of carbonyl (C=O) groups excluding carboxylic acids is 3. The molecule has 0 spiro atoms. The van der Waals surface area contributed by atoms with E-state index in [9.17, 15) is 66.3 Å². The Bertz CT molecular complexity index is 3170. The second kappa shape index (κ2) is 25.2. The van der Waals surface area contributed by atoms with Crippen LogP contribution in [0.25, 0.3) is 5.57 Å². The summed E-state index contributed by atoms with van der Waals surface area (Å²) in [6.45, 7) is 7.17. The van der Waals surface area contributed by atoms with Crippen molar-refractivity contribution in [2.45, 2.75) is 99.7 Å². The summed E-state index contributed by atoms with van der Waals surface area (Å²) < 4.78 is 145. The molecule has 0 aliphatic carbocycles. The minimum atomic E-state index is -4.88. The van der Waals surface area contributed by atoms with E-state index in [1.807, 2.05) is 18.2 Å². The fraction of sp³-hybridized carbons (Fsp3) is 0.391. The molecular formula is C46H50N3Na3O16S4. The van der Waals surface area contributed by atoms with E-state index in [0.717, 1.165) is 17.7 Å². The molecule has 1 saturated heterocycles. The van der Waals surface area contributed by atoms with Crippen molar-refractivity contribution in [1.82, 2.24) is 5.06 Å². The zero-order valence-electron chi connectivity index (χ0n) is 41.1. The predicted octanol–water partition coefficient (Wildman–Crippen LogP) is -4.60. The van der Waals surface area contributed by atoms with E-state index < -0.39 is 90.4 Å². The predicted molar refractivity (Wildman–Crippen MR) is 247 cm³/mol. The number of aryl methyl sites for hydroxylation is 1. The number of benzene rings is 3. The van der Waals surface area contributed by atoms with Gasteiger partial charge in [0.15, 0.2) is 5.71 Å². The van der Waals surface area contributed by atoms with Gasteiger partial charge in [0.2, 0.25) is 5.69 Å². The Morgan fingerprint density at radius 2 is 1.31 bits per heavy atom. The average molecular weight is 1100 g/mol. The first-order chi connectivity index (χ1) is 32.0. The number of unbranched alkanes of at least 4 members (excludes halogenated alkanes) is 1. The first-order valence-electron chi connectivity index (χ1n) is 21.7. The van der Waals surface area contributed by atoms with E-state index in [1.165, 1.54) is 24.3 Å². The molecular weight excluding hydrogens is 1050 g/mol. The van der Waals surface area contributed by atoms with Crippen molar-refractivity contribution < 1.29 is 164 Å². The Labute approximate surface area is 487 Å². The van der Waals surface area contributed by atoms with Gasteiger partial charge < -0.3 is 27.9 Å². The van der Waals surface area contributed by atoms with E-state index >= 15 is 0 Å². The molecule has 6 rings (SSSR count). The average Bonchev–Trinajstić information content (AvgIpc) is 3.75. The molecule has 3 aliphatic rings. The van der Waals surface area contributed by atoms with Crippen molar-refractivity contribution in [2.24, 2.45) is 0 Å². The number of hydrogen-bond donors (Lipinski definition) is 0. The van der Waals surface area contributed by atoms with E-state index in [2.05, 4.69) is 0 Å². The number of fused-ring (bicyclic) bond motifs is 2. The van der Waals surface area contributed by atoms with Gasteiger partial charge in [-0.15, -0.1) is 5.06 Å². The number of imide groups is 1. The van der Waals surface area contributed by atoms with Crippen LogP contribution in [0.2, 0.25) is 0 Å². The molecule has 0 aromatic heterocycles. The minimum absolute atomic E-state index is 0. The van der Waals surface area contributed by atoms with Crippen LogP contribution in [0.5, 0.6) is 0 Å². The molecule has 3 aromatic carbocycles. The van der Waals surface area contributed by atoms with Crippen molar-refractivity contribution in [3.05, 3.63) is 113 Å². The summed E-state index contributed by atoms with van der Waals surface area (Å²) in [5.41, 5.74) is 2.98. The van der Waals surface area contributed by atoms with Gasteiger partial charge in [-0.1, -0.05) is 44.2 Å². The first-order valence-corrected chi connectivity index (χ1v) is 27.7. The molecule has 19 nitrogen and oxygen atoms in total. The van der Waals surface area contributed by atoms with E-state index in [-0.39, 0.29) is 134 Å². The third-order valence-electron chi connectivity index (χ3n) is 12.3. The maximum Gasteiger partial charge on any atom is 1.00 e. The topological polar surface area (TPSA) is 299 Å². The Morgan fingerprint density at radius 3 is 1.90 bits per heavy atom. The van der Waals surface area contributed by atoms with Crippen molar-refractivity contribution in [1.29, 1.82) is 0 Å². The Morgan fingerprint density at radius 1 is 0.722 bits per heavy atom. The number of rotatable bonds is 20. The normalized spacial score (nSPS) is 17.2. The van der Waals surface area contributed by atoms with E-state index in [1.54, 1.807) is 67.5 Å². The van der Waals surface area contributed by atoms with Crippen molar-refractivity contribution in [3.63, 3.8) is 0 Å². The molecule has 0 atom stereocenters. The van der Waals surface area contributed by atoms with E-state index in [4.69, 9.17) is 4.84 Å². The summed E-state index contributed by atoms with van der Waals surface area (Å²) in [4.78, 5) is 42.0. The van der Waals surface area contributed by atoms with Crippen LogP contribution in [0, 0.1) is 0 Å². The molecule has 372 valence electrons. The minimum Gasteiger partial charge on any atom is -0.748 e. The van der Waals surface area contributed by atoms with Gasteiger partial charge >= 0.3 is 94.6 Å². The number of carbonyl (C=O) groups is 3. The zero-order chi connectivity index (χ0) is 50.9. The van der Waals surface area contributed by atoms with Crippen molar-refractivity contribution in [3.8, 4) is 0 Å². The van der Waals surface area contributed by atoms with Gasteiger partial charge in [0.05, 0.1) is 35.4 Å². The Balaban J connectivity index is 0.00000456. The Kier molecular flexibility index (Phi) is 22.3. The summed E-state index contributed by atoms with van der Waals surface area (Å²) in [7, 11) is -19.0. The van der Waals surface area contributed by atoms with Gasteiger partial charge in [-0.05, 0) is 104 Å². The maximum atomic E-state index is 12.5. The number of hydroxylamine groups is 2. The van der Waals surface area contributed by atoms with Crippen LogP contribution >= 0.6 is 0 Å². The molecule has 3 aromatic rings. The largest absolute Gasteiger partial charge is 1.00 e. The molecule has 72 heavy (non-hydrogen) atoms. The van der Waals surface area contributed by atoms with Gasteiger partial charge in [0.1, 0.15) is 26.8 Å². The summed E-state index contributed by atoms with van der Waals surface area (Å²) in [5.74, 6) is -3.28. The number of allylic oxidation sites excluding steroid dienone is 6. The summed E-state index contributed by atoms with van der Waals surface area (Å²) in [6.07, 6.45) is 8.00. The second-order valence-corrected chi connectivity index (χ2v) is 23.7. The van der Waals surface area contributed by atoms with Gasteiger partial charge in [0.25, 0.3) is 11.8 Å². The van der Waals surface area contributed by atoms with E-state index in [0.29, 0.717) is 69.4 Å². The fourth-order valence-corrected chi connectivity index (χ4v) is 10.8. The van der Waals surface area contributed by atoms with Gasteiger partial charge in [-0.2, -0.15) is 4.58 Å². The second-order valence-electron chi connectivity index (χ2n) is 17.9. The number of hydrogen-bond acceptors (Lipinski definition) is 17. The van der Waals surface area contributed by atoms with Gasteiger partial charge in [-0.3, -0.25) is 9.59 Å². The molecule has 1 fully saturated rings. The van der Waals surface area contributed by atoms with Crippen molar-refractivity contribution in [2.75, 3.05) is 29.5 Å². The molecule has 0 saturated carbocycles. The third-order valence-corrected chi connectivity index (χ3v) is 15.5. The molecule has 0 unspecified atom stereocenters. The molecule has 0 radical (unpaired) electrons. The quantitative estimate of drug-likeness (QED) is 0.0257. The van der Waals surface area contributed by atoms with Crippen LogP contribution in [0.1, 0.15) is 94.9 Å². The maximum absolute atomic E-state index is 12.5. The summed E-state index contributed by atoms with van der Waals surface area (Å²) in [5, 5.41) is 0.493. The standard InChI is InChI=1S/C46H53N3O16S4.3Na/c1-45(2)36-29-34(68(59,60)61)16-18-38(36)47(24-8-26-66(53,54)55)40(45)20-14-32(33-12-7-11-31(28-33)10-5-6-13-44(52)65-49-42(50)22-23-43(49)51)15-21-41-46(3,4)37-30-35(69(62,63)64)17-19-39(37)48(41)25-9-27-67(56,57)58;;;/h7,11-12,14-21,28-30H,5-6,8-10,13,22-27H2,1-4H3,(H3-,53,54,55,56,57,58,59,60,61,62,63,64);;;/q;3*+1/p-3. The number of anilines is 1. The van der Waals surface area contributed by atoms with Crippen LogP contribution in [0.3, 0.4) is 0 Å². The molecule has 26 heteroatoms. The third kappa shape index (κ3) is 15.8. The SMILES string of the molecule is CC1(C)C(/C=C/C(=C/C=C2/N(CCCS(=O)(=O)[O-])c3ccc(S(=O)(=O)[O-])cc3C2(C)C)c2cccc(CCCCC(=O)ON3C(=O)CCC3=O)c2)=[N+](CCCS(=O)(=O)[O-])c2ccc(S(=O)(=O)[O-])cc21.[Na+].[Na+].[Na+]. The molecule has 3 heterocycles. The monoisotopic (exact) mass is 1100 g/mol. The van der Waals surface area contributed by atoms with Crippen molar-refractivity contribution >= 4 is 80.9 Å². The fourth-order valence-electron chi connectivity index (χ4n) is 8.80. The van der Waals surface area contributed by atoms with Crippen LogP contribution in [-0.2, 0) is 76.9 Å². The zero-order valence-corrected chi connectivity index (χ0v) is 50.3. The summed E-state index contributed by atoms with van der Waals surface area (Å²) >= 11 is 0. The van der Waals surface area contributed by atoms with Crippen LogP contribution in [0.15, 0.2) is 100 Å². The summed E-state index contributed by atoms with van der Waals surface area (Å²) in [6, 6.07) is 15.1. The van der Waals surface area contributed by atoms with Crippen LogP contribution < -0.4 is 93.6 Å². The first kappa shape index (κ1) is 63.9. The molecule has 3 aliphatic heterocycles. The Hall–Kier alpha value is -2.40. The smallest absolute Gasteiger partial charge is 0.748 e. The number of amides is 2. The van der Waals surface area contributed by atoms with Gasteiger partial charge in [0, 0.05) is 78.2 Å². The van der Waals surface area contributed by atoms with Crippen LogP contribution in [0.4, 0.5) is 11.4 Å². The van der Waals surface area contributed by atoms with Gasteiger partial charge in [-0.25, -0.2) is 38.5 Å². The number of nitrogens with zero attached hydrogens (tertiary/aromatic N) is 3. The molecule has 0 N–H and O–H groups in total.